The summed E-state index contributed by atoms with van der Waals surface area (Å²) >= 11 is 12.0. The molecule has 1 aromatic carbocycles. The quantitative estimate of drug-likeness (QED) is 0.910. The molecule has 1 heterocycles. The van der Waals surface area contributed by atoms with Gasteiger partial charge in [-0.15, -0.1) is 0 Å². The van der Waals surface area contributed by atoms with Gasteiger partial charge in [0.05, 0.1) is 10.0 Å². The predicted molar refractivity (Wildman–Crippen MR) is 78.4 cm³/mol. The van der Waals surface area contributed by atoms with E-state index in [1.807, 2.05) is 12.1 Å². The first kappa shape index (κ1) is 14.1. The molecule has 1 atom stereocenters. The molecule has 1 aromatic rings. The molecule has 1 aliphatic heterocycles. The van der Waals surface area contributed by atoms with Gasteiger partial charge >= 0.3 is 0 Å². The zero-order chi connectivity index (χ0) is 13.1. The second-order valence-electron chi connectivity index (χ2n) is 5.16. The highest BCUT2D eigenvalue weighted by atomic mass is 35.5. The lowest BCUT2D eigenvalue weighted by Crippen LogP contribution is -2.41. The smallest absolute Gasteiger partial charge is 0.0595 e. The van der Waals surface area contributed by atoms with E-state index in [2.05, 4.69) is 30.1 Å². The summed E-state index contributed by atoms with van der Waals surface area (Å²) in [5, 5.41) is 4.69. The van der Waals surface area contributed by atoms with Crippen molar-refractivity contribution < 1.29 is 0 Å². The molecule has 0 saturated carbocycles. The van der Waals surface area contributed by atoms with Gasteiger partial charge in [0.1, 0.15) is 0 Å². The lowest BCUT2D eigenvalue weighted by Gasteiger charge is -2.32. The minimum Gasteiger partial charge on any atom is -0.315 e. The summed E-state index contributed by atoms with van der Waals surface area (Å²) in [5.74, 6) is 0. The summed E-state index contributed by atoms with van der Waals surface area (Å²) in [5.41, 5.74) is 1.23. The van der Waals surface area contributed by atoms with Gasteiger partial charge in [-0.2, -0.15) is 0 Å². The van der Waals surface area contributed by atoms with Gasteiger partial charge in [0, 0.05) is 25.2 Å². The first-order chi connectivity index (χ1) is 8.58. The Bertz CT molecular complexity index is 401. The third-order valence-corrected chi connectivity index (χ3v) is 4.25. The predicted octanol–water partition coefficient (Wildman–Crippen LogP) is 3.57. The number of hydrogen-bond donors (Lipinski definition) is 1. The Morgan fingerprint density at radius 2 is 2.11 bits per heavy atom. The Morgan fingerprint density at radius 3 is 2.67 bits per heavy atom. The van der Waals surface area contributed by atoms with Crippen LogP contribution < -0.4 is 5.32 Å². The number of rotatable bonds is 4. The van der Waals surface area contributed by atoms with Crippen LogP contribution in [-0.4, -0.2) is 30.1 Å². The Balaban J connectivity index is 2.10. The first-order valence-corrected chi connectivity index (χ1v) is 7.24. The molecule has 2 nitrogen and oxygen atoms in total. The molecule has 0 radical (unpaired) electrons. The highest BCUT2D eigenvalue weighted by Crippen LogP contribution is 2.24. The molecular formula is C14H20Cl2N2. The van der Waals surface area contributed by atoms with E-state index in [4.69, 9.17) is 23.2 Å². The summed E-state index contributed by atoms with van der Waals surface area (Å²) < 4.78 is 0. The summed E-state index contributed by atoms with van der Waals surface area (Å²) in [7, 11) is 0. The molecule has 0 spiro atoms. The van der Waals surface area contributed by atoms with E-state index in [1.165, 1.54) is 12.0 Å². The van der Waals surface area contributed by atoms with E-state index in [0.29, 0.717) is 22.1 Å². The fourth-order valence-electron chi connectivity index (χ4n) is 2.50. The van der Waals surface area contributed by atoms with Crippen LogP contribution in [0.4, 0.5) is 0 Å². The largest absolute Gasteiger partial charge is 0.315 e. The molecule has 0 aromatic heterocycles. The summed E-state index contributed by atoms with van der Waals surface area (Å²) in [6.07, 6.45) is 1.22. The van der Waals surface area contributed by atoms with Crippen molar-refractivity contribution in [3.63, 3.8) is 0 Å². The Morgan fingerprint density at radius 1 is 1.33 bits per heavy atom. The fourth-order valence-corrected chi connectivity index (χ4v) is 2.83. The minimum atomic E-state index is 0.532. The Labute approximate surface area is 119 Å². The summed E-state index contributed by atoms with van der Waals surface area (Å²) in [4.78, 5) is 2.53. The van der Waals surface area contributed by atoms with Crippen LogP contribution in [0.15, 0.2) is 18.2 Å². The maximum absolute atomic E-state index is 6.07. The average molecular weight is 287 g/mol. The highest BCUT2D eigenvalue weighted by Gasteiger charge is 2.24. The number of nitrogens with zero attached hydrogens (tertiary/aromatic N) is 1. The third kappa shape index (κ3) is 3.39. The van der Waals surface area contributed by atoms with Crippen LogP contribution in [0.25, 0.3) is 0 Å². The second-order valence-corrected chi connectivity index (χ2v) is 5.98. The maximum Gasteiger partial charge on any atom is 0.0595 e. The molecule has 1 saturated heterocycles. The van der Waals surface area contributed by atoms with Gasteiger partial charge in [-0.3, -0.25) is 4.90 Å². The van der Waals surface area contributed by atoms with Gasteiger partial charge in [0.25, 0.3) is 0 Å². The monoisotopic (exact) mass is 286 g/mol. The molecule has 18 heavy (non-hydrogen) atoms. The van der Waals surface area contributed by atoms with Crippen LogP contribution in [0.3, 0.4) is 0 Å². The lowest BCUT2D eigenvalue weighted by molar-refractivity contribution is 0.154. The van der Waals surface area contributed by atoms with Crippen LogP contribution >= 0.6 is 23.2 Å². The molecule has 0 aliphatic carbocycles. The number of halogens is 2. The van der Waals surface area contributed by atoms with E-state index in [-0.39, 0.29) is 0 Å². The van der Waals surface area contributed by atoms with E-state index in [1.54, 1.807) is 0 Å². The Kier molecular flexibility index (Phi) is 4.91. The molecule has 0 amide bonds. The number of benzene rings is 1. The molecule has 4 heteroatoms. The van der Waals surface area contributed by atoms with Gasteiger partial charge in [-0.25, -0.2) is 0 Å². The minimum absolute atomic E-state index is 0.532. The second kappa shape index (κ2) is 6.25. The van der Waals surface area contributed by atoms with Gasteiger partial charge in [0.2, 0.25) is 0 Å². The number of nitrogens with one attached hydrogen (secondary N) is 1. The van der Waals surface area contributed by atoms with E-state index < -0.39 is 0 Å². The van der Waals surface area contributed by atoms with Crippen molar-refractivity contribution in [3.8, 4) is 0 Å². The zero-order valence-corrected chi connectivity index (χ0v) is 12.4. The Hall–Kier alpha value is -0.280. The number of hydrogen-bond acceptors (Lipinski definition) is 2. The SMILES string of the molecule is CC(C)N(Cc1ccc(Cl)c(Cl)c1)[C@H]1CCNC1. The average Bonchev–Trinajstić information content (AvgIpc) is 2.83. The van der Waals surface area contributed by atoms with Crippen molar-refractivity contribution in [2.75, 3.05) is 13.1 Å². The van der Waals surface area contributed by atoms with Crippen molar-refractivity contribution in [2.45, 2.75) is 38.9 Å². The van der Waals surface area contributed by atoms with Crippen molar-refractivity contribution in [3.05, 3.63) is 33.8 Å². The maximum atomic E-state index is 6.07. The van der Waals surface area contributed by atoms with E-state index >= 15 is 0 Å². The van der Waals surface area contributed by atoms with Crippen LogP contribution in [0.2, 0.25) is 10.0 Å². The van der Waals surface area contributed by atoms with E-state index in [9.17, 15) is 0 Å². The van der Waals surface area contributed by atoms with Gasteiger partial charge in [-0.1, -0.05) is 29.3 Å². The normalized spacial score (nSPS) is 20.0. The summed E-state index contributed by atoms with van der Waals surface area (Å²) in [6.45, 7) is 7.63. The fraction of sp³-hybridized carbons (Fsp3) is 0.571. The highest BCUT2D eigenvalue weighted by molar-refractivity contribution is 6.42. The van der Waals surface area contributed by atoms with Crippen LogP contribution in [-0.2, 0) is 6.54 Å². The molecule has 1 N–H and O–H groups in total. The zero-order valence-electron chi connectivity index (χ0n) is 10.9. The molecule has 100 valence electrons. The van der Waals surface area contributed by atoms with E-state index in [0.717, 1.165) is 19.6 Å². The molecular weight excluding hydrogens is 267 g/mol. The van der Waals surface area contributed by atoms with Crippen LogP contribution in [0.1, 0.15) is 25.8 Å². The lowest BCUT2D eigenvalue weighted by atomic mass is 10.1. The van der Waals surface area contributed by atoms with Gasteiger partial charge in [0.15, 0.2) is 0 Å². The topological polar surface area (TPSA) is 15.3 Å². The molecule has 0 unspecified atom stereocenters. The molecule has 2 rings (SSSR count). The molecule has 1 fully saturated rings. The third-order valence-electron chi connectivity index (χ3n) is 3.52. The van der Waals surface area contributed by atoms with Crippen molar-refractivity contribution in [1.29, 1.82) is 0 Å². The molecule has 1 aliphatic rings. The summed E-state index contributed by atoms with van der Waals surface area (Å²) in [6, 6.07) is 7.07. The van der Waals surface area contributed by atoms with Crippen molar-refractivity contribution in [1.82, 2.24) is 10.2 Å². The van der Waals surface area contributed by atoms with Crippen LogP contribution in [0, 0.1) is 0 Å². The van der Waals surface area contributed by atoms with Crippen molar-refractivity contribution >= 4 is 23.2 Å². The van der Waals surface area contributed by atoms with Crippen LogP contribution in [0.5, 0.6) is 0 Å². The van der Waals surface area contributed by atoms with Gasteiger partial charge < -0.3 is 5.32 Å². The van der Waals surface area contributed by atoms with Crippen molar-refractivity contribution in [2.24, 2.45) is 0 Å². The molecule has 0 bridgehead atoms. The van der Waals surface area contributed by atoms with Gasteiger partial charge in [-0.05, 0) is 44.5 Å². The standard InChI is InChI=1S/C14H20Cl2N2/c1-10(2)18(12-5-6-17-8-12)9-11-3-4-13(15)14(16)7-11/h3-4,7,10,12,17H,5-6,8-9H2,1-2H3/t12-/m0/s1. The first-order valence-electron chi connectivity index (χ1n) is 6.48.